The number of hydrogen-bond donors (Lipinski definition) is 1. The smallest absolute Gasteiger partial charge is 0.104 e. The van der Waals surface area contributed by atoms with E-state index < -0.39 is 0 Å². The molecule has 2 aliphatic rings. The number of hydrogen-bond acceptors (Lipinski definition) is 4. The van der Waals surface area contributed by atoms with Crippen molar-refractivity contribution in [1.29, 1.82) is 0 Å². The van der Waals surface area contributed by atoms with Crippen LogP contribution < -0.4 is 0 Å². The van der Waals surface area contributed by atoms with Gasteiger partial charge in [0.2, 0.25) is 0 Å². The maximum Gasteiger partial charge on any atom is 0.104 e. The summed E-state index contributed by atoms with van der Waals surface area (Å²) >= 11 is 0. The molecular weight excluding hydrogens is 200 g/mol. The van der Waals surface area contributed by atoms with Crippen molar-refractivity contribution in [2.24, 2.45) is 0 Å². The third-order valence-electron chi connectivity index (χ3n) is 1.92. The maximum atomic E-state index is 8.09. The Labute approximate surface area is 88.0 Å². The highest BCUT2D eigenvalue weighted by Crippen LogP contribution is 2.12. The highest BCUT2D eigenvalue weighted by atomic mass is 28.1. The molecule has 0 amide bonds. The Morgan fingerprint density at radius 2 is 1.71 bits per heavy atom. The van der Waals surface area contributed by atoms with Crippen LogP contribution in [0.5, 0.6) is 0 Å². The Morgan fingerprint density at radius 1 is 1.21 bits per heavy atom. The topological polar surface area (TPSA) is 54.5 Å². The van der Waals surface area contributed by atoms with Gasteiger partial charge in [-0.1, -0.05) is 6.04 Å². The Bertz CT molecular complexity index is 123. The molecule has 2 saturated heterocycles. The van der Waals surface area contributed by atoms with Crippen LogP contribution in [-0.2, 0) is 14.2 Å². The standard InChI is InChI=1S/C6H10O3.C3H10OSi/c1(5-3-8-5)7-2-6-4-9-6;4-2-1-3-5/h5-6H,1-4H2;4H,1-3H2,5H3. The zero-order valence-corrected chi connectivity index (χ0v) is 10.8. The van der Waals surface area contributed by atoms with Gasteiger partial charge in [0.05, 0.1) is 26.4 Å². The average Bonchev–Trinajstić information content (AvgIpc) is 3.01. The van der Waals surface area contributed by atoms with Gasteiger partial charge in [-0.15, -0.1) is 0 Å². The van der Waals surface area contributed by atoms with E-state index in [0.29, 0.717) is 18.8 Å². The predicted molar refractivity (Wildman–Crippen MR) is 56.7 cm³/mol. The Hall–Kier alpha value is 0.0569. The zero-order chi connectivity index (χ0) is 10.2. The van der Waals surface area contributed by atoms with E-state index in [1.165, 1.54) is 16.3 Å². The van der Waals surface area contributed by atoms with Crippen LogP contribution in [0.2, 0.25) is 6.04 Å². The fraction of sp³-hybridized carbons (Fsp3) is 1.00. The normalized spacial score (nSPS) is 28.1. The van der Waals surface area contributed by atoms with Crippen LogP contribution in [0.1, 0.15) is 6.42 Å². The van der Waals surface area contributed by atoms with Crippen molar-refractivity contribution in [2.45, 2.75) is 24.7 Å². The third kappa shape index (κ3) is 7.46. The molecule has 0 spiro atoms. The van der Waals surface area contributed by atoms with Gasteiger partial charge in [-0.05, 0) is 6.42 Å². The van der Waals surface area contributed by atoms with Gasteiger partial charge in [0.15, 0.2) is 0 Å². The lowest BCUT2D eigenvalue weighted by Crippen LogP contribution is -2.06. The van der Waals surface area contributed by atoms with Crippen molar-refractivity contribution in [3.05, 3.63) is 0 Å². The van der Waals surface area contributed by atoms with Crippen LogP contribution in [0.15, 0.2) is 0 Å². The van der Waals surface area contributed by atoms with E-state index in [9.17, 15) is 0 Å². The lowest BCUT2D eigenvalue weighted by atomic mass is 10.5. The van der Waals surface area contributed by atoms with Crippen LogP contribution in [-0.4, -0.2) is 60.6 Å². The van der Waals surface area contributed by atoms with Gasteiger partial charge in [-0.25, -0.2) is 0 Å². The lowest BCUT2D eigenvalue weighted by molar-refractivity contribution is 0.102. The molecule has 2 atom stereocenters. The van der Waals surface area contributed by atoms with Gasteiger partial charge < -0.3 is 19.3 Å². The van der Waals surface area contributed by atoms with E-state index in [4.69, 9.17) is 19.3 Å². The summed E-state index contributed by atoms with van der Waals surface area (Å²) in [4.78, 5) is 0. The van der Waals surface area contributed by atoms with Gasteiger partial charge in [-0.3, -0.25) is 0 Å². The van der Waals surface area contributed by atoms with Gasteiger partial charge in [0.25, 0.3) is 0 Å². The molecule has 4 nitrogen and oxygen atoms in total. The van der Waals surface area contributed by atoms with E-state index in [0.717, 1.165) is 32.8 Å². The molecule has 0 aromatic rings. The number of epoxide rings is 2. The summed E-state index contributed by atoms with van der Waals surface area (Å²) in [5, 5.41) is 8.09. The highest BCUT2D eigenvalue weighted by molar-refractivity contribution is 6.08. The fourth-order valence-corrected chi connectivity index (χ4v) is 1.13. The molecule has 0 aromatic carbocycles. The first-order valence-corrected chi connectivity index (χ1v) is 6.70. The van der Waals surface area contributed by atoms with Crippen molar-refractivity contribution in [3.63, 3.8) is 0 Å². The van der Waals surface area contributed by atoms with Gasteiger partial charge in [0.1, 0.15) is 12.2 Å². The molecule has 5 heteroatoms. The van der Waals surface area contributed by atoms with Crippen LogP contribution in [0, 0.1) is 0 Å². The number of rotatable bonds is 6. The first-order valence-electron chi connectivity index (χ1n) is 5.28. The summed E-state index contributed by atoms with van der Waals surface area (Å²) in [7, 11) is 1.24. The van der Waals surface area contributed by atoms with E-state index in [2.05, 4.69) is 0 Å². The molecule has 0 aliphatic carbocycles. The molecule has 1 N–H and O–H groups in total. The summed E-state index contributed by atoms with van der Waals surface area (Å²) in [6, 6.07) is 1.23. The first-order chi connectivity index (χ1) is 6.86. The molecule has 2 aliphatic heterocycles. The first kappa shape index (κ1) is 12.1. The van der Waals surface area contributed by atoms with Crippen molar-refractivity contribution in [2.75, 3.05) is 33.0 Å². The highest BCUT2D eigenvalue weighted by Gasteiger charge is 2.26. The Kier molecular flexibility index (Phi) is 6.38. The minimum Gasteiger partial charge on any atom is -0.396 e. The van der Waals surface area contributed by atoms with Crippen LogP contribution in [0.4, 0.5) is 0 Å². The summed E-state index contributed by atoms with van der Waals surface area (Å²) < 4.78 is 15.1. The SMILES string of the molecule is C(OCC1CO1)C1CO1.OCCC[SiH3]. The number of aliphatic hydroxyl groups is 1. The second-order valence-corrected chi connectivity index (χ2v) is 4.53. The summed E-state index contributed by atoms with van der Waals surface area (Å²) in [6.45, 7) is 3.64. The average molecular weight is 220 g/mol. The second-order valence-electron chi connectivity index (χ2n) is 3.53. The lowest BCUT2D eigenvalue weighted by Gasteiger charge is -1.95. The largest absolute Gasteiger partial charge is 0.396 e. The molecule has 14 heavy (non-hydrogen) atoms. The maximum absolute atomic E-state index is 8.09. The minimum absolute atomic E-state index is 0.378. The molecule has 0 radical (unpaired) electrons. The number of aliphatic hydroxyl groups excluding tert-OH is 1. The Morgan fingerprint density at radius 3 is 1.93 bits per heavy atom. The van der Waals surface area contributed by atoms with Crippen molar-refractivity contribution < 1.29 is 19.3 Å². The monoisotopic (exact) mass is 220 g/mol. The summed E-state index contributed by atoms with van der Waals surface area (Å²) in [5.74, 6) is 0. The van der Waals surface area contributed by atoms with Crippen LogP contribution in [0.25, 0.3) is 0 Å². The van der Waals surface area contributed by atoms with E-state index >= 15 is 0 Å². The van der Waals surface area contributed by atoms with E-state index in [-0.39, 0.29) is 0 Å². The van der Waals surface area contributed by atoms with Crippen LogP contribution >= 0.6 is 0 Å². The quantitative estimate of drug-likeness (QED) is 0.458. The van der Waals surface area contributed by atoms with Gasteiger partial charge in [0, 0.05) is 16.8 Å². The zero-order valence-electron chi connectivity index (χ0n) is 8.78. The second kappa shape index (κ2) is 7.36. The number of ether oxygens (including phenoxy) is 3. The predicted octanol–water partition coefficient (Wildman–Crippen LogP) is -1.05. The van der Waals surface area contributed by atoms with Crippen LogP contribution in [0.3, 0.4) is 0 Å². The molecule has 2 unspecified atom stereocenters. The molecular formula is C9H20O4Si. The molecule has 0 aromatic heterocycles. The molecule has 2 rings (SSSR count). The fourth-order valence-electron chi connectivity index (χ4n) is 0.818. The third-order valence-corrected chi connectivity index (χ3v) is 2.63. The van der Waals surface area contributed by atoms with Crippen molar-refractivity contribution >= 4 is 10.2 Å². The minimum atomic E-state index is 0.378. The van der Waals surface area contributed by atoms with Gasteiger partial charge in [-0.2, -0.15) is 0 Å². The van der Waals surface area contributed by atoms with E-state index in [1.807, 2.05) is 0 Å². The summed E-state index contributed by atoms with van der Waals surface area (Å²) in [6.07, 6.45) is 1.79. The van der Waals surface area contributed by atoms with Crippen molar-refractivity contribution in [3.8, 4) is 0 Å². The summed E-state index contributed by atoms with van der Waals surface area (Å²) in [5.41, 5.74) is 0. The molecule has 0 saturated carbocycles. The molecule has 2 heterocycles. The van der Waals surface area contributed by atoms with Gasteiger partial charge >= 0.3 is 0 Å². The Balaban J connectivity index is 0.000000171. The van der Waals surface area contributed by atoms with E-state index in [1.54, 1.807) is 0 Å². The molecule has 84 valence electrons. The molecule has 0 bridgehead atoms. The molecule has 2 fully saturated rings. The van der Waals surface area contributed by atoms with Crippen molar-refractivity contribution in [1.82, 2.24) is 0 Å².